The Kier molecular flexibility index (Phi) is 14.7. The highest BCUT2D eigenvalue weighted by Crippen LogP contribution is 2.43. The van der Waals surface area contributed by atoms with Crippen LogP contribution < -0.4 is 0 Å². The molecular weight excluding hydrogens is 776 g/mol. The molecule has 5 fully saturated rings. The predicted molar refractivity (Wildman–Crippen MR) is 167 cm³/mol. The minimum Gasteiger partial charge on any atom is -0.394 e. The van der Waals surface area contributed by atoms with Crippen molar-refractivity contribution in [2.24, 2.45) is 0 Å². The summed E-state index contributed by atoms with van der Waals surface area (Å²) in [6, 6.07) is 0. The largest absolute Gasteiger partial charge is 0.394 e. The molecule has 0 saturated carbocycles. The second kappa shape index (κ2) is 17.9. The zero-order valence-corrected chi connectivity index (χ0v) is 29.5. The van der Waals surface area contributed by atoms with E-state index in [-0.39, 0.29) is 0 Å². The van der Waals surface area contributed by atoms with Crippen molar-refractivity contribution in [2.45, 2.75) is 127 Å². The van der Waals surface area contributed by atoms with Crippen molar-refractivity contribution in [1.82, 2.24) is 0 Å². The van der Waals surface area contributed by atoms with Gasteiger partial charge in [0.05, 0.1) is 33.0 Å². The van der Waals surface area contributed by atoms with Gasteiger partial charge in [0.15, 0.2) is 6.29 Å². The summed E-state index contributed by atoms with van der Waals surface area (Å²) in [5.74, 6) is -10.8. The van der Waals surface area contributed by atoms with Crippen LogP contribution in [0.25, 0.3) is 0 Å². The van der Waals surface area contributed by atoms with Crippen LogP contribution in [0.2, 0.25) is 0 Å². The van der Waals surface area contributed by atoms with Crippen molar-refractivity contribution >= 4 is 0 Å². The third-order valence-electron chi connectivity index (χ3n) is 10.7. The van der Waals surface area contributed by atoms with E-state index in [2.05, 4.69) is 0 Å². The van der Waals surface area contributed by atoms with Crippen molar-refractivity contribution in [3.63, 3.8) is 0 Å². The van der Waals surface area contributed by atoms with E-state index in [1.54, 1.807) is 0 Å². The van der Waals surface area contributed by atoms with Gasteiger partial charge in [-0.15, -0.1) is 0 Å². The van der Waals surface area contributed by atoms with Crippen LogP contribution in [0.5, 0.6) is 0 Å². The monoisotopic (exact) mass is 828 g/mol. The summed E-state index contributed by atoms with van der Waals surface area (Å²) in [6.07, 6.45) is -32.5. The molecule has 0 aromatic carbocycles. The fourth-order valence-corrected chi connectivity index (χ4v) is 7.15. The molecule has 26 heteroatoms. The molecule has 0 aliphatic carbocycles. The fraction of sp³-hybridized carbons (Fsp3) is 1.00. The molecule has 5 saturated heterocycles. The van der Waals surface area contributed by atoms with Gasteiger partial charge in [-0.1, -0.05) is 0 Å². The van der Waals surface area contributed by atoms with Crippen molar-refractivity contribution in [3.05, 3.63) is 0 Å². The highest BCUT2D eigenvalue weighted by Gasteiger charge is 2.65. The van der Waals surface area contributed by atoms with Crippen molar-refractivity contribution in [3.8, 4) is 0 Å². The van der Waals surface area contributed by atoms with Gasteiger partial charge < -0.3 is 129 Å². The lowest BCUT2D eigenvalue weighted by Gasteiger charge is -2.45. The number of rotatable bonds is 17. The van der Waals surface area contributed by atoms with Gasteiger partial charge in [0, 0.05) is 0 Å². The normalized spacial score (nSPS) is 52.3. The van der Waals surface area contributed by atoms with Crippen LogP contribution in [-0.2, 0) is 42.6 Å². The zero-order chi connectivity index (χ0) is 41.5. The molecule has 0 amide bonds. The van der Waals surface area contributed by atoms with Gasteiger partial charge in [-0.2, -0.15) is 0 Å². The molecule has 21 atom stereocenters. The van der Waals surface area contributed by atoms with E-state index in [1.165, 1.54) is 0 Å². The average Bonchev–Trinajstić information content (AvgIpc) is 3.80. The van der Waals surface area contributed by atoms with Gasteiger partial charge >= 0.3 is 0 Å². The third-order valence-corrected chi connectivity index (χ3v) is 10.7. The molecule has 0 aromatic heterocycles. The quantitative estimate of drug-likeness (QED) is 0.0647. The highest BCUT2D eigenvalue weighted by atomic mass is 16.8. The van der Waals surface area contributed by atoms with Crippen LogP contribution >= 0.6 is 0 Å². The zero-order valence-electron chi connectivity index (χ0n) is 29.5. The minimum absolute atomic E-state index is 0.852. The van der Waals surface area contributed by atoms with E-state index in [4.69, 9.17) is 42.6 Å². The number of hydrogen-bond acceptors (Lipinski definition) is 26. The summed E-state index contributed by atoms with van der Waals surface area (Å²) in [5.41, 5.74) is 0. The smallest absolute Gasteiger partial charge is 0.224 e. The van der Waals surface area contributed by atoms with Crippen molar-refractivity contribution in [2.75, 3.05) is 59.5 Å². The standard InChI is InChI=1S/C30H52O26/c31-1-10-15(37)20(42)21(43)26(51-10)56-30(25(47)19(41)14(5-35)55-30)9-50-29(24(46)18(40)13(4-34)54-29)8-49-28(23(45)17(39)12(3-33)53-28)7-48-27(6-36)22(44)16(38)11(2-32)52-27/h10-26,31-47H,1-9H2/t10?,11-,12-,13-,14-,15-,16+,17+,18+,19+,20+,21?,22?,23?,24?,25?,26-,27-,28-,29-,30+/m1/s1. The van der Waals surface area contributed by atoms with E-state index in [9.17, 15) is 86.8 Å². The Morgan fingerprint density at radius 1 is 0.357 bits per heavy atom. The molecule has 328 valence electrons. The number of aliphatic hydroxyl groups excluding tert-OH is 17. The Labute approximate surface area is 316 Å². The van der Waals surface area contributed by atoms with Crippen LogP contribution in [0.15, 0.2) is 0 Å². The molecule has 56 heavy (non-hydrogen) atoms. The average molecular weight is 829 g/mol. The first-order chi connectivity index (χ1) is 26.4. The van der Waals surface area contributed by atoms with Crippen LogP contribution in [0, 0.1) is 0 Å². The number of aliphatic hydroxyl groups is 17. The number of hydrogen-bond donors (Lipinski definition) is 17. The van der Waals surface area contributed by atoms with Crippen molar-refractivity contribution in [1.29, 1.82) is 0 Å². The summed E-state index contributed by atoms with van der Waals surface area (Å²) < 4.78 is 50.6. The summed E-state index contributed by atoms with van der Waals surface area (Å²) in [4.78, 5) is 0. The van der Waals surface area contributed by atoms with E-state index in [0.29, 0.717) is 0 Å². The third kappa shape index (κ3) is 7.97. The van der Waals surface area contributed by atoms with Gasteiger partial charge in [-0.25, -0.2) is 0 Å². The van der Waals surface area contributed by atoms with E-state index >= 15 is 0 Å². The first kappa shape index (κ1) is 46.0. The summed E-state index contributed by atoms with van der Waals surface area (Å²) in [7, 11) is 0. The molecule has 5 heterocycles. The predicted octanol–water partition coefficient (Wildman–Crippen LogP) is -11.9. The lowest BCUT2D eigenvalue weighted by molar-refractivity contribution is -0.406. The van der Waals surface area contributed by atoms with Crippen LogP contribution in [0.1, 0.15) is 0 Å². The fourth-order valence-electron chi connectivity index (χ4n) is 7.15. The SMILES string of the molecule is OCC1O[C@H](O[C@]2(CO[C@]3(CO[C@]4(CO[C@]5(CO)O[C@H](CO)[C@H](O)C5O)O[C@H](CO)[C@H](O)C4O)O[C@H](CO)[C@H](O)C3O)O[C@H](CO)[C@H](O)C2O)C(O)[C@@H](O)[C@@H]1O. The molecule has 0 spiro atoms. The molecule has 5 aliphatic heterocycles. The lowest BCUT2D eigenvalue weighted by Crippen LogP contribution is -2.63. The minimum atomic E-state index is -2.79. The molecule has 17 N–H and O–H groups in total. The van der Waals surface area contributed by atoms with Gasteiger partial charge in [0.2, 0.25) is 23.1 Å². The number of ether oxygens (including phenoxy) is 9. The molecule has 0 bridgehead atoms. The summed E-state index contributed by atoms with van der Waals surface area (Å²) in [5, 5.41) is 177. The Morgan fingerprint density at radius 2 is 0.679 bits per heavy atom. The van der Waals surface area contributed by atoms with Gasteiger partial charge in [-0.3, -0.25) is 0 Å². The first-order valence-corrected chi connectivity index (χ1v) is 17.5. The first-order valence-electron chi connectivity index (χ1n) is 17.5. The Hall–Kier alpha value is -1.04. The highest BCUT2D eigenvalue weighted by molar-refractivity contribution is 5.04. The molecule has 5 aliphatic rings. The lowest BCUT2D eigenvalue weighted by atomic mass is 9.99. The van der Waals surface area contributed by atoms with E-state index in [0.717, 1.165) is 0 Å². The summed E-state index contributed by atoms with van der Waals surface area (Å²) >= 11 is 0. The maximum Gasteiger partial charge on any atom is 0.224 e. The van der Waals surface area contributed by atoms with Gasteiger partial charge in [0.25, 0.3) is 0 Å². The maximum absolute atomic E-state index is 11.3. The molecule has 0 aromatic rings. The molecule has 6 unspecified atom stereocenters. The molecule has 26 nitrogen and oxygen atoms in total. The van der Waals surface area contributed by atoms with Crippen LogP contribution in [0.3, 0.4) is 0 Å². The van der Waals surface area contributed by atoms with Gasteiger partial charge in [0.1, 0.15) is 124 Å². The van der Waals surface area contributed by atoms with E-state index in [1.807, 2.05) is 0 Å². The van der Waals surface area contributed by atoms with E-state index < -0.39 is 187 Å². The molecule has 0 radical (unpaired) electrons. The molecule has 5 rings (SSSR count). The Morgan fingerprint density at radius 3 is 1.05 bits per heavy atom. The van der Waals surface area contributed by atoms with Crippen LogP contribution in [0.4, 0.5) is 0 Å². The van der Waals surface area contributed by atoms with Gasteiger partial charge in [-0.05, 0) is 0 Å². The topological polar surface area (TPSA) is 427 Å². The summed E-state index contributed by atoms with van der Waals surface area (Å²) in [6.45, 7) is -9.51. The Bertz CT molecular complexity index is 1270. The molecular formula is C30H52O26. The van der Waals surface area contributed by atoms with Crippen LogP contribution in [-0.4, -0.2) is 273 Å². The maximum atomic E-state index is 11.3. The van der Waals surface area contributed by atoms with Crippen molar-refractivity contribution < 1.29 is 129 Å². The second-order valence-corrected chi connectivity index (χ2v) is 14.2. The second-order valence-electron chi connectivity index (χ2n) is 14.2. The Balaban J connectivity index is 1.47.